The predicted octanol–water partition coefficient (Wildman–Crippen LogP) is 2.33. The summed E-state index contributed by atoms with van der Waals surface area (Å²) in [5.74, 6) is 0.0599. The standard InChI is InChI=1S/C14H23N3O/c1-3-10-17(2)11-4-5-14(18)16-13-8-6-12(15)7-9-13/h6-9H,3-5,10-11,15H2,1-2H3,(H,16,18). The van der Waals surface area contributed by atoms with E-state index in [9.17, 15) is 4.79 Å². The molecule has 0 saturated carbocycles. The molecule has 0 radical (unpaired) electrons. The fraction of sp³-hybridized carbons (Fsp3) is 0.500. The van der Waals surface area contributed by atoms with Crippen molar-refractivity contribution < 1.29 is 4.79 Å². The van der Waals surface area contributed by atoms with Crippen molar-refractivity contribution in [2.45, 2.75) is 26.2 Å². The highest BCUT2D eigenvalue weighted by Crippen LogP contribution is 2.11. The number of carbonyl (C=O) groups excluding carboxylic acids is 1. The molecule has 0 spiro atoms. The van der Waals surface area contributed by atoms with E-state index in [0.717, 1.165) is 31.6 Å². The first kappa shape index (κ1) is 14.5. The first-order chi connectivity index (χ1) is 8.61. The van der Waals surface area contributed by atoms with Gasteiger partial charge in [-0.25, -0.2) is 0 Å². The van der Waals surface area contributed by atoms with Gasteiger partial charge in [0.25, 0.3) is 0 Å². The van der Waals surface area contributed by atoms with Crippen LogP contribution < -0.4 is 11.1 Å². The number of hydrogen-bond acceptors (Lipinski definition) is 3. The molecule has 0 fully saturated rings. The summed E-state index contributed by atoms with van der Waals surface area (Å²) in [6, 6.07) is 7.20. The number of rotatable bonds is 7. The molecule has 0 heterocycles. The molecule has 1 amide bonds. The number of hydrogen-bond donors (Lipinski definition) is 2. The number of nitrogens with two attached hydrogens (primary N) is 1. The van der Waals surface area contributed by atoms with E-state index in [1.54, 1.807) is 12.1 Å². The van der Waals surface area contributed by atoms with Crippen molar-refractivity contribution in [1.29, 1.82) is 0 Å². The van der Waals surface area contributed by atoms with Crippen molar-refractivity contribution in [2.24, 2.45) is 0 Å². The van der Waals surface area contributed by atoms with Crippen LogP contribution in [0.3, 0.4) is 0 Å². The highest BCUT2D eigenvalue weighted by Gasteiger charge is 2.03. The third-order valence-corrected chi connectivity index (χ3v) is 2.74. The number of amides is 1. The van der Waals surface area contributed by atoms with Crippen LogP contribution in [0.2, 0.25) is 0 Å². The molecule has 0 saturated heterocycles. The summed E-state index contributed by atoms with van der Waals surface area (Å²) in [5, 5.41) is 2.86. The highest BCUT2D eigenvalue weighted by atomic mass is 16.1. The lowest BCUT2D eigenvalue weighted by molar-refractivity contribution is -0.116. The molecule has 100 valence electrons. The van der Waals surface area contributed by atoms with E-state index in [-0.39, 0.29) is 5.91 Å². The average molecular weight is 249 g/mol. The highest BCUT2D eigenvalue weighted by molar-refractivity contribution is 5.90. The quantitative estimate of drug-likeness (QED) is 0.729. The van der Waals surface area contributed by atoms with Crippen LogP contribution in [0.4, 0.5) is 11.4 Å². The van der Waals surface area contributed by atoms with Crippen molar-refractivity contribution >= 4 is 17.3 Å². The maximum atomic E-state index is 11.7. The van der Waals surface area contributed by atoms with Crippen molar-refractivity contribution in [1.82, 2.24) is 4.90 Å². The van der Waals surface area contributed by atoms with Crippen molar-refractivity contribution in [3.8, 4) is 0 Å². The van der Waals surface area contributed by atoms with Gasteiger partial charge in [-0.15, -0.1) is 0 Å². The first-order valence-electron chi connectivity index (χ1n) is 6.45. The maximum absolute atomic E-state index is 11.7. The Kier molecular flexibility index (Phi) is 6.22. The fourth-order valence-corrected chi connectivity index (χ4v) is 1.79. The van der Waals surface area contributed by atoms with Gasteiger partial charge in [0.1, 0.15) is 0 Å². The molecule has 1 aromatic carbocycles. The van der Waals surface area contributed by atoms with Gasteiger partial charge in [0.05, 0.1) is 0 Å². The molecule has 4 heteroatoms. The molecular weight excluding hydrogens is 226 g/mol. The Bertz CT molecular complexity index is 362. The lowest BCUT2D eigenvalue weighted by atomic mass is 10.2. The second kappa shape index (κ2) is 7.71. The van der Waals surface area contributed by atoms with Gasteiger partial charge in [0.2, 0.25) is 5.91 Å². The van der Waals surface area contributed by atoms with Crippen LogP contribution in [0.25, 0.3) is 0 Å². The zero-order chi connectivity index (χ0) is 13.4. The van der Waals surface area contributed by atoms with Crippen LogP contribution in [0.15, 0.2) is 24.3 Å². The minimum atomic E-state index is 0.0599. The first-order valence-corrected chi connectivity index (χ1v) is 6.45. The molecule has 4 nitrogen and oxygen atoms in total. The van der Waals surface area contributed by atoms with Gasteiger partial charge in [-0.2, -0.15) is 0 Å². The van der Waals surface area contributed by atoms with E-state index < -0.39 is 0 Å². The van der Waals surface area contributed by atoms with Gasteiger partial charge < -0.3 is 16.0 Å². The third-order valence-electron chi connectivity index (χ3n) is 2.74. The molecule has 0 aliphatic carbocycles. The van der Waals surface area contributed by atoms with Crippen LogP contribution in [0, 0.1) is 0 Å². The predicted molar refractivity (Wildman–Crippen MR) is 76.5 cm³/mol. The Morgan fingerprint density at radius 1 is 1.28 bits per heavy atom. The fourth-order valence-electron chi connectivity index (χ4n) is 1.79. The van der Waals surface area contributed by atoms with Crippen molar-refractivity contribution in [3.05, 3.63) is 24.3 Å². The van der Waals surface area contributed by atoms with Crippen LogP contribution in [0.5, 0.6) is 0 Å². The largest absolute Gasteiger partial charge is 0.399 e. The minimum Gasteiger partial charge on any atom is -0.399 e. The van der Waals surface area contributed by atoms with Crippen molar-refractivity contribution in [3.63, 3.8) is 0 Å². The van der Waals surface area contributed by atoms with Gasteiger partial charge in [0.15, 0.2) is 0 Å². The van der Waals surface area contributed by atoms with E-state index >= 15 is 0 Å². The molecule has 0 unspecified atom stereocenters. The SMILES string of the molecule is CCCN(C)CCCC(=O)Nc1ccc(N)cc1. The smallest absolute Gasteiger partial charge is 0.224 e. The second-order valence-corrected chi connectivity index (χ2v) is 4.58. The topological polar surface area (TPSA) is 58.4 Å². The second-order valence-electron chi connectivity index (χ2n) is 4.58. The van der Waals surface area contributed by atoms with E-state index in [1.807, 2.05) is 12.1 Å². The minimum absolute atomic E-state index is 0.0599. The van der Waals surface area contributed by atoms with Crippen molar-refractivity contribution in [2.75, 3.05) is 31.2 Å². The summed E-state index contributed by atoms with van der Waals surface area (Å²) < 4.78 is 0. The monoisotopic (exact) mass is 249 g/mol. The molecule has 3 N–H and O–H groups in total. The number of benzene rings is 1. The number of nitrogens with one attached hydrogen (secondary N) is 1. The molecule has 1 rings (SSSR count). The Hall–Kier alpha value is -1.55. The zero-order valence-corrected chi connectivity index (χ0v) is 11.3. The Labute approximate surface area is 109 Å². The Morgan fingerprint density at radius 2 is 1.94 bits per heavy atom. The third kappa shape index (κ3) is 5.68. The van der Waals surface area contributed by atoms with Gasteiger partial charge >= 0.3 is 0 Å². The van der Waals surface area contributed by atoms with Gasteiger partial charge in [-0.05, 0) is 57.2 Å². The van der Waals surface area contributed by atoms with Gasteiger partial charge in [-0.1, -0.05) is 6.92 Å². The Morgan fingerprint density at radius 3 is 2.56 bits per heavy atom. The van der Waals surface area contributed by atoms with Gasteiger partial charge in [-0.3, -0.25) is 4.79 Å². The number of carbonyl (C=O) groups is 1. The Balaban J connectivity index is 2.23. The lowest BCUT2D eigenvalue weighted by Crippen LogP contribution is -2.22. The molecule has 0 bridgehead atoms. The molecule has 0 aliphatic rings. The summed E-state index contributed by atoms with van der Waals surface area (Å²) in [6.07, 6.45) is 2.59. The van der Waals surface area contributed by atoms with E-state index in [4.69, 9.17) is 5.73 Å². The summed E-state index contributed by atoms with van der Waals surface area (Å²) >= 11 is 0. The summed E-state index contributed by atoms with van der Waals surface area (Å²) in [5.41, 5.74) is 7.09. The van der Waals surface area contributed by atoms with Gasteiger partial charge in [0, 0.05) is 17.8 Å². The average Bonchev–Trinajstić information content (AvgIpc) is 2.32. The van der Waals surface area contributed by atoms with E-state index in [0.29, 0.717) is 12.1 Å². The van der Waals surface area contributed by atoms with E-state index in [1.165, 1.54) is 0 Å². The van der Waals surface area contributed by atoms with Crippen LogP contribution in [-0.4, -0.2) is 30.9 Å². The molecule has 1 aromatic rings. The zero-order valence-electron chi connectivity index (χ0n) is 11.3. The molecular formula is C14H23N3O. The molecule has 18 heavy (non-hydrogen) atoms. The molecule has 0 aliphatic heterocycles. The number of nitrogen functional groups attached to an aromatic ring is 1. The molecule has 0 atom stereocenters. The summed E-state index contributed by atoms with van der Waals surface area (Å²) in [4.78, 5) is 13.9. The molecule has 0 aromatic heterocycles. The summed E-state index contributed by atoms with van der Waals surface area (Å²) in [7, 11) is 2.08. The van der Waals surface area contributed by atoms with E-state index in [2.05, 4.69) is 24.2 Å². The lowest BCUT2D eigenvalue weighted by Gasteiger charge is -2.14. The van der Waals surface area contributed by atoms with Crippen LogP contribution in [0.1, 0.15) is 26.2 Å². The number of nitrogens with zero attached hydrogens (tertiary/aromatic N) is 1. The normalized spacial score (nSPS) is 10.6. The maximum Gasteiger partial charge on any atom is 0.224 e. The van der Waals surface area contributed by atoms with Crippen LogP contribution >= 0.6 is 0 Å². The summed E-state index contributed by atoms with van der Waals surface area (Å²) in [6.45, 7) is 4.20. The number of anilines is 2. The van der Waals surface area contributed by atoms with Crippen LogP contribution in [-0.2, 0) is 4.79 Å².